The van der Waals surface area contributed by atoms with Gasteiger partial charge in [-0.15, -0.1) is 0 Å². The van der Waals surface area contributed by atoms with Gasteiger partial charge in [-0.1, -0.05) is 41.6 Å². The first-order chi connectivity index (χ1) is 9.65. The van der Waals surface area contributed by atoms with Crippen molar-refractivity contribution in [3.05, 3.63) is 28.7 Å². The Balaban J connectivity index is 1.83. The molecule has 0 saturated heterocycles. The Morgan fingerprint density at radius 1 is 1.15 bits per heavy atom. The second-order valence-corrected chi connectivity index (χ2v) is 6.49. The van der Waals surface area contributed by atoms with Crippen LogP contribution < -0.4 is 10.6 Å². The van der Waals surface area contributed by atoms with Crippen molar-refractivity contribution in [1.82, 2.24) is 5.32 Å². The summed E-state index contributed by atoms with van der Waals surface area (Å²) in [5.41, 5.74) is 0.840. The molecule has 1 aliphatic rings. The number of anilines is 1. The third-order valence-electron chi connectivity index (χ3n) is 3.85. The number of hydrogen-bond acceptors (Lipinski definition) is 2. The van der Waals surface area contributed by atoms with Gasteiger partial charge in [-0.05, 0) is 44.0 Å². The highest BCUT2D eigenvalue weighted by atomic mass is 79.9. The van der Waals surface area contributed by atoms with Crippen molar-refractivity contribution in [2.45, 2.75) is 57.5 Å². The molecule has 1 saturated carbocycles. The number of amides is 1. The van der Waals surface area contributed by atoms with Crippen LogP contribution in [0.2, 0.25) is 0 Å². The van der Waals surface area contributed by atoms with Crippen LogP contribution in [-0.2, 0) is 4.79 Å². The Bertz CT molecular complexity index is 425. The fourth-order valence-electron chi connectivity index (χ4n) is 2.66. The fourth-order valence-corrected chi connectivity index (χ4v) is 2.92. The molecule has 1 amide bonds. The first-order valence-corrected chi connectivity index (χ1v) is 8.27. The van der Waals surface area contributed by atoms with Crippen molar-refractivity contribution in [3.8, 4) is 0 Å². The number of carbonyl (C=O) groups is 1. The molecule has 2 N–H and O–H groups in total. The summed E-state index contributed by atoms with van der Waals surface area (Å²) >= 11 is 3.39. The van der Waals surface area contributed by atoms with E-state index in [-0.39, 0.29) is 11.9 Å². The Morgan fingerprint density at radius 2 is 1.75 bits per heavy atom. The molecule has 1 aromatic rings. The second kappa shape index (κ2) is 7.79. The molecule has 4 heteroatoms. The van der Waals surface area contributed by atoms with E-state index in [2.05, 4.69) is 26.6 Å². The van der Waals surface area contributed by atoms with Gasteiger partial charge in [0.1, 0.15) is 0 Å². The van der Waals surface area contributed by atoms with E-state index < -0.39 is 0 Å². The maximum Gasteiger partial charge on any atom is 0.241 e. The third kappa shape index (κ3) is 4.91. The summed E-state index contributed by atoms with van der Waals surface area (Å²) in [6, 6.07) is 8.00. The van der Waals surface area contributed by atoms with Crippen molar-refractivity contribution in [2.75, 3.05) is 5.32 Å². The van der Waals surface area contributed by atoms with E-state index >= 15 is 0 Å². The van der Waals surface area contributed by atoms with Crippen LogP contribution in [0.25, 0.3) is 0 Å². The Kier molecular flexibility index (Phi) is 6.05. The molecule has 20 heavy (non-hydrogen) atoms. The first-order valence-electron chi connectivity index (χ1n) is 7.47. The van der Waals surface area contributed by atoms with Gasteiger partial charge in [0.2, 0.25) is 5.91 Å². The molecule has 2 rings (SSSR count). The van der Waals surface area contributed by atoms with Crippen LogP contribution in [0.15, 0.2) is 28.7 Å². The summed E-state index contributed by atoms with van der Waals surface area (Å²) < 4.78 is 1.01. The third-order valence-corrected chi connectivity index (χ3v) is 4.37. The minimum Gasteiger partial charge on any atom is -0.325 e. The van der Waals surface area contributed by atoms with Crippen LogP contribution in [0.4, 0.5) is 5.69 Å². The van der Waals surface area contributed by atoms with Crippen molar-refractivity contribution in [2.24, 2.45) is 0 Å². The van der Waals surface area contributed by atoms with Gasteiger partial charge in [-0.3, -0.25) is 4.79 Å². The molecular weight excluding hydrogens is 316 g/mol. The number of halogens is 1. The van der Waals surface area contributed by atoms with Crippen molar-refractivity contribution in [1.29, 1.82) is 0 Å². The highest BCUT2D eigenvalue weighted by molar-refractivity contribution is 9.10. The van der Waals surface area contributed by atoms with Crippen LogP contribution in [0, 0.1) is 0 Å². The summed E-state index contributed by atoms with van der Waals surface area (Å²) in [5.74, 6) is 0.0385. The van der Waals surface area contributed by atoms with E-state index in [9.17, 15) is 4.79 Å². The average Bonchev–Trinajstić information content (AvgIpc) is 2.70. The number of nitrogens with one attached hydrogen (secondary N) is 2. The highest BCUT2D eigenvalue weighted by Crippen LogP contribution is 2.18. The fraction of sp³-hybridized carbons (Fsp3) is 0.562. The van der Waals surface area contributed by atoms with Crippen LogP contribution in [0.3, 0.4) is 0 Å². The molecule has 1 atom stereocenters. The monoisotopic (exact) mass is 338 g/mol. The van der Waals surface area contributed by atoms with Gasteiger partial charge in [0.25, 0.3) is 0 Å². The topological polar surface area (TPSA) is 41.1 Å². The molecule has 1 unspecified atom stereocenters. The first kappa shape index (κ1) is 15.5. The van der Waals surface area contributed by atoms with Gasteiger partial charge < -0.3 is 10.6 Å². The van der Waals surface area contributed by atoms with E-state index in [0.29, 0.717) is 6.04 Å². The quantitative estimate of drug-likeness (QED) is 0.812. The van der Waals surface area contributed by atoms with E-state index in [1.165, 1.54) is 38.5 Å². The number of rotatable bonds is 4. The molecular formula is C16H23BrN2O. The zero-order valence-electron chi connectivity index (χ0n) is 12.0. The summed E-state index contributed by atoms with van der Waals surface area (Å²) in [6.07, 6.45) is 7.60. The number of benzene rings is 1. The molecule has 3 nitrogen and oxygen atoms in total. The molecule has 0 aromatic heterocycles. The molecule has 0 heterocycles. The largest absolute Gasteiger partial charge is 0.325 e. The van der Waals surface area contributed by atoms with Crippen LogP contribution in [-0.4, -0.2) is 18.0 Å². The van der Waals surface area contributed by atoms with Gasteiger partial charge in [-0.25, -0.2) is 0 Å². The van der Waals surface area contributed by atoms with Crippen LogP contribution in [0.5, 0.6) is 0 Å². The van der Waals surface area contributed by atoms with Crippen molar-refractivity contribution in [3.63, 3.8) is 0 Å². The van der Waals surface area contributed by atoms with E-state index in [4.69, 9.17) is 0 Å². The molecule has 1 fully saturated rings. The van der Waals surface area contributed by atoms with Gasteiger partial charge in [0, 0.05) is 16.2 Å². The summed E-state index contributed by atoms with van der Waals surface area (Å²) in [5, 5.41) is 6.42. The van der Waals surface area contributed by atoms with Gasteiger partial charge in [-0.2, -0.15) is 0 Å². The average molecular weight is 339 g/mol. The van der Waals surface area contributed by atoms with E-state index in [1.54, 1.807) is 0 Å². The van der Waals surface area contributed by atoms with Crippen molar-refractivity contribution >= 4 is 27.5 Å². The molecule has 0 spiro atoms. The van der Waals surface area contributed by atoms with Gasteiger partial charge >= 0.3 is 0 Å². The van der Waals surface area contributed by atoms with Crippen LogP contribution >= 0.6 is 15.9 Å². The summed E-state index contributed by atoms with van der Waals surface area (Å²) in [6.45, 7) is 1.94. The number of hydrogen-bond donors (Lipinski definition) is 2. The number of carbonyl (C=O) groups excluding carboxylic acids is 1. The molecule has 1 aromatic carbocycles. The lowest BCUT2D eigenvalue weighted by molar-refractivity contribution is -0.118. The lowest BCUT2D eigenvalue weighted by atomic mass is 10.1. The van der Waals surface area contributed by atoms with Gasteiger partial charge in [0.05, 0.1) is 6.04 Å². The zero-order valence-corrected chi connectivity index (χ0v) is 13.6. The van der Waals surface area contributed by atoms with Gasteiger partial charge in [0.15, 0.2) is 0 Å². The lowest BCUT2D eigenvalue weighted by Gasteiger charge is -2.21. The minimum atomic E-state index is -0.151. The maximum atomic E-state index is 12.2. The molecule has 0 radical (unpaired) electrons. The normalized spacial score (nSPS) is 18.3. The second-order valence-electron chi connectivity index (χ2n) is 5.57. The Morgan fingerprint density at radius 3 is 2.35 bits per heavy atom. The highest BCUT2D eigenvalue weighted by Gasteiger charge is 2.19. The molecule has 110 valence electrons. The molecule has 0 bridgehead atoms. The Hall–Kier alpha value is -0.870. The maximum absolute atomic E-state index is 12.2. The molecule has 1 aliphatic carbocycles. The molecule has 0 aliphatic heterocycles. The standard InChI is InChI=1S/C16H23BrN2O/c1-12(18-14-6-4-2-3-5-7-14)16(20)19-15-10-8-13(17)9-11-15/h8-12,14,18H,2-7H2,1H3,(H,19,20). The summed E-state index contributed by atoms with van der Waals surface area (Å²) in [7, 11) is 0. The predicted molar refractivity (Wildman–Crippen MR) is 86.9 cm³/mol. The van der Waals surface area contributed by atoms with Crippen molar-refractivity contribution < 1.29 is 4.79 Å². The minimum absolute atomic E-state index is 0.0385. The lowest BCUT2D eigenvalue weighted by Crippen LogP contribution is -2.43. The van der Waals surface area contributed by atoms with E-state index in [0.717, 1.165) is 10.2 Å². The summed E-state index contributed by atoms with van der Waals surface area (Å²) in [4.78, 5) is 12.2. The smallest absolute Gasteiger partial charge is 0.241 e. The zero-order chi connectivity index (χ0) is 14.4. The van der Waals surface area contributed by atoms with Crippen LogP contribution in [0.1, 0.15) is 45.4 Å². The predicted octanol–water partition coefficient (Wildman–Crippen LogP) is 4.09. The van der Waals surface area contributed by atoms with E-state index in [1.807, 2.05) is 31.2 Å². The Labute approximate surface area is 129 Å². The SMILES string of the molecule is CC(NC1CCCCCC1)C(=O)Nc1ccc(Br)cc1.